The van der Waals surface area contributed by atoms with Crippen molar-refractivity contribution in [2.24, 2.45) is 5.41 Å². The third-order valence-corrected chi connectivity index (χ3v) is 9.68. The molecule has 0 bridgehead atoms. The minimum absolute atomic E-state index is 0.109. The first kappa shape index (κ1) is 23.8. The van der Waals surface area contributed by atoms with Crippen molar-refractivity contribution in [3.63, 3.8) is 0 Å². The first-order valence-electron chi connectivity index (χ1n) is 12.2. The zero-order chi connectivity index (χ0) is 26.2. The van der Waals surface area contributed by atoms with Crippen LogP contribution in [0.15, 0.2) is 94.8 Å². The zero-order valence-electron chi connectivity index (χ0n) is 19.8. The van der Waals surface area contributed by atoms with Crippen LogP contribution < -0.4 is 4.90 Å². The van der Waals surface area contributed by atoms with E-state index >= 15 is 0 Å². The van der Waals surface area contributed by atoms with Gasteiger partial charge < -0.3 is 4.90 Å². The van der Waals surface area contributed by atoms with Crippen molar-refractivity contribution < 1.29 is 14.4 Å². The van der Waals surface area contributed by atoms with E-state index in [0.717, 1.165) is 21.3 Å². The normalized spacial score (nSPS) is 22.5. The van der Waals surface area contributed by atoms with Gasteiger partial charge in [-0.15, -0.1) is 11.3 Å². The highest BCUT2D eigenvalue weighted by atomic mass is 79.9. The Bertz CT molecular complexity index is 1640. The zero-order valence-corrected chi connectivity index (χ0v) is 23.0. The molecular weight excluding hydrogens is 582 g/mol. The average molecular weight is 601 g/mol. The van der Waals surface area contributed by atoms with Crippen molar-refractivity contribution in [3.8, 4) is 0 Å². The van der Waals surface area contributed by atoms with E-state index < -0.39 is 23.4 Å². The van der Waals surface area contributed by atoms with Gasteiger partial charge in [0.2, 0.25) is 0 Å². The van der Waals surface area contributed by atoms with Gasteiger partial charge in [0.15, 0.2) is 17.3 Å². The third-order valence-electron chi connectivity index (χ3n) is 8.03. The van der Waals surface area contributed by atoms with Crippen LogP contribution in [0.1, 0.15) is 47.4 Å². The number of ketones is 3. The summed E-state index contributed by atoms with van der Waals surface area (Å²) >= 11 is 11.2. The lowest BCUT2D eigenvalue weighted by Crippen LogP contribution is -2.48. The first-order chi connectivity index (χ1) is 18.4. The summed E-state index contributed by atoms with van der Waals surface area (Å²) in [4.78, 5) is 46.1. The van der Waals surface area contributed by atoms with Gasteiger partial charge >= 0.3 is 0 Å². The van der Waals surface area contributed by atoms with Gasteiger partial charge in [0.1, 0.15) is 11.5 Å². The lowest BCUT2D eigenvalue weighted by atomic mass is 9.64. The average Bonchev–Trinajstić information content (AvgIpc) is 3.62. The number of anilines is 1. The van der Waals surface area contributed by atoms with Crippen LogP contribution in [0.4, 0.5) is 5.69 Å². The summed E-state index contributed by atoms with van der Waals surface area (Å²) in [6, 6.07) is 22.4. The van der Waals surface area contributed by atoms with E-state index in [1.807, 2.05) is 64.9 Å². The van der Waals surface area contributed by atoms with E-state index in [1.165, 1.54) is 11.3 Å². The SMILES string of the molecule is O=C(c1cccs1)[C@H]1[C@H](c2ccc(Br)cc2)C2(C(=O)c3ccccc3C2=O)C2C=Cc3cc(Cl)ccc3N21. The van der Waals surface area contributed by atoms with Crippen LogP contribution in [-0.2, 0) is 0 Å². The molecule has 3 atom stereocenters. The molecule has 0 amide bonds. The molecule has 0 N–H and O–H groups in total. The largest absolute Gasteiger partial charge is 0.352 e. The number of nitrogens with zero attached hydrogens (tertiary/aromatic N) is 1. The van der Waals surface area contributed by atoms with Crippen molar-refractivity contribution in [1.82, 2.24) is 0 Å². The molecule has 1 aromatic heterocycles. The molecule has 38 heavy (non-hydrogen) atoms. The van der Waals surface area contributed by atoms with E-state index in [2.05, 4.69) is 15.9 Å². The molecule has 7 rings (SSSR count). The molecule has 0 saturated carbocycles. The van der Waals surface area contributed by atoms with Crippen LogP contribution in [-0.4, -0.2) is 29.4 Å². The summed E-state index contributed by atoms with van der Waals surface area (Å²) < 4.78 is 0.874. The maximum Gasteiger partial charge on any atom is 0.195 e. The fourth-order valence-electron chi connectivity index (χ4n) is 6.56. The topological polar surface area (TPSA) is 54.5 Å². The van der Waals surface area contributed by atoms with Gasteiger partial charge in [0.05, 0.1) is 10.9 Å². The minimum atomic E-state index is -1.50. The quantitative estimate of drug-likeness (QED) is 0.181. The second kappa shape index (κ2) is 8.60. The maximum atomic E-state index is 14.5. The van der Waals surface area contributed by atoms with Crippen LogP contribution in [0, 0.1) is 5.41 Å². The number of benzene rings is 3. The maximum absolute atomic E-state index is 14.5. The van der Waals surface area contributed by atoms with Crippen molar-refractivity contribution in [1.29, 1.82) is 0 Å². The Morgan fingerprint density at radius 1 is 0.921 bits per heavy atom. The lowest BCUT2D eigenvalue weighted by molar-refractivity contribution is 0.0666. The number of fused-ring (bicyclic) bond motifs is 5. The summed E-state index contributed by atoms with van der Waals surface area (Å²) in [6.45, 7) is 0. The van der Waals surface area contributed by atoms with Gasteiger partial charge in [0.25, 0.3) is 0 Å². The van der Waals surface area contributed by atoms with E-state index in [-0.39, 0.29) is 17.3 Å². The van der Waals surface area contributed by atoms with Gasteiger partial charge in [-0.25, -0.2) is 0 Å². The smallest absolute Gasteiger partial charge is 0.195 e. The highest BCUT2D eigenvalue weighted by Crippen LogP contribution is 2.61. The molecule has 1 spiro atoms. The molecule has 0 radical (unpaired) electrons. The van der Waals surface area contributed by atoms with E-state index in [0.29, 0.717) is 21.0 Å². The number of thiophene rings is 1. The fourth-order valence-corrected chi connectivity index (χ4v) is 7.70. The molecule has 186 valence electrons. The number of hydrogen-bond donors (Lipinski definition) is 0. The van der Waals surface area contributed by atoms with Crippen molar-refractivity contribution in [2.45, 2.75) is 18.0 Å². The molecule has 3 aromatic carbocycles. The number of carbonyl (C=O) groups is 3. The van der Waals surface area contributed by atoms with Crippen LogP contribution >= 0.6 is 38.9 Å². The Morgan fingerprint density at radius 3 is 2.29 bits per heavy atom. The van der Waals surface area contributed by atoms with Gasteiger partial charge in [-0.3, -0.25) is 14.4 Å². The Hall–Kier alpha value is -3.32. The molecule has 1 aliphatic carbocycles. The highest BCUT2D eigenvalue weighted by molar-refractivity contribution is 9.10. The molecule has 1 unspecified atom stereocenters. The molecule has 3 heterocycles. The van der Waals surface area contributed by atoms with Crippen LogP contribution in [0.5, 0.6) is 0 Å². The first-order valence-corrected chi connectivity index (χ1v) is 14.3. The molecule has 2 aliphatic heterocycles. The van der Waals surface area contributed by atoms with Gasteiger partial charge in [-0.1, -0.05) is 82.1 Å². The number of halogens is 2. The predicted molar refractivity (Wildman–Crippen MR) is 154 cm³/mol. The van der Waals surface area contributed by atoms with E-state index in [1.54, 1.807) is 36.4 Å². The molecule has 7 heteroatoms. The number of hydrogen-bond acceptors (Lipinski definition) is 5. The lowest BCUT2D eigenvalue weighted by Gasteiger charge is -2.37. The second-order valence-corrected chi connectivity index (χ2v) is 12.1. The summed E-state index contributed by atoms with van der Waals surface area (Å²) in [5.41, 5.74) is 1.74. The Labute approximate surface area is 236 Å². The van der Waals surface area contributed by atoms with Gasteiger partial charge in [0, 0.05) is 32.2 Å². The van der Waals surface area contributed by atoms with Gasteiger partial charge in [-0.05, 0) is 52.9 Å². The van der Waals surface area contributed by atoms with E-state index in [9.17, 15) is 14.4 Å². The number of Topliss-reactive ketones (excluding diaryl/α,β-unsaturated/α-hetero) is 3. The van der Waals surface area contributed by atoms with Crippen molar-refractivity contribution in [3.05, 3.63) is 127 Å². The van der Waals surface area contributed by atoms with Crippen LogP contribution in [0.3, 0.4) is 0 Å². The fraction of sp³-hybridized carbons (Fsp3) is 0.129. The van der Waals surface area contributed by atoms with Crippen molar-refractivity contribution in [2.75, 3.05) is 4.90 Å². The van der Waals surface area contributed by atoms with E-state index in [4.69, 9.17) is 11.6 Å². The standard InChI is InChI=1S/C31H19BrClNO3S/c32-19-10-7-17(8-11-19)26-27(28(35)24-6-3-15-38-24)34-23-13-12-20(33)16-18(23)9-14-25(34)31(26)29(36)21-4-1-2-5-22(21)30(31)37/h1-16,25-27H/t25?,26-,27+/m0/s1. The Balaban J connectivity index is 1.56. The summed E-state index contributed by atoms with van der Waals surface area (Å²) in [5, 5.41) is 2.45. The van der Waals surface area contributed by atoms with Crippen molar-refractivity contribution >= 4 is 68.0 Å². The summed E-state index contributed by atoms with van der Waals surface area (Å²) in [5.74, 6) is -1.29. The monoisotopic (exact) mass is 599 g/mol. The van der Waals surface area contributed by atoms with Gasteiger partial charge in [-0.2, -0.15) is 0 Å². The Morgan fingerprint density at radius 2 is 1.63 bits per heavy atom. The Kier molecular flexibility index (Phi) is 5.38. The minimum Gasteiger partial charge on any atom is -0.352 e. The molecule has 1 fully saturated rings. The molecule has 4 nitrogen and oxygen atoms in total. The predicted octanol–water partition coefficient (Wildman–Crippen LogP) is 7.48. The summed E-state index contributed by atoms with van der Waals surface area (Å²) in [7, 11) is 0. The highest BCUT2D eigenvalue weighted by Gasteiger charge is 2.71. The third kappa shape index (κ3) is 3.11. The molecule has 4 aromatic rings. The molecular formula is C31H19BrClNO3S. The second-order valence-electron chi connectivity index (χ2n) is 9.80. The van der Waals surface area contributed by atoms with Crippen LogP contribution in [0.2, 0.25) is 5.02 Å². The number of carbonyl (C=O) groups excluding carboxylic acids is 3. The molecule has 1 saturated heterocycles. The number of rotatable bonds is 3. The summed E-state index contributed by atoms with van der Waals surface area (Å²) in [6.07, 6.45) is 3.83. The van der Waals surface area contributed by atoms with Crippen LogP contribution in [0.25, 0.3) is 6.08 Å². The molecule has 3 aliphatic rings.